The number of fused-ring (bicyclic) bond motifs is 2. The fourth-order valence-electron chi connectivity index (χ4n) is 4.20. The number of benzene rings is 2. The summed E-state index contributed by atoms with van der Waals surface area (Å²) in [7, 11) is 0. The first-order valence-corrected chi connectivity index (χ1v) is 11.4. The Morgan fingerprint density at radius 2 is 2.06 bits per heavy atom. The Hall–Kier alpha value is -3.95. The van der Waals surface area contributed by atoms with Gasteiger partial charge in [0.05, 0.1) is 25.1 Å². The Labute approximate surface area is 205 Å². The number of ether oxygens (including phenoxy) is 2. The molecule has 2 amide bonds. The average molecular weight is 492 g/mol. The number of amides is 2. The molecule has 0 spiro atoms. The molecule has 0 bridgehead atoms. The van der Waals surface area contributed by atoms with E-state index < -0.39 is 11.3 Å². The zero-order valence-corrected chi connectivity index (χ0v) is 19.3. The molecule has 1 aliphatic heterocycles. The lowest BCUT2D eigenvalue weighted by atomic mass is 9.75. The molecular formula is C25H22ClN5O4. The molecule has 0 aliphatic carbocycles. The monoisotopic (exact) mass is 491 g/mol. The van der Waals surface area contributed by atoms with Crippen LogP contribution in [0.2, 0.25) is 5.02 Å². The van der Waals surface area contributed by atoms with Crippen molar-refractivity contribution in [2.45, 2.75) is 11.8 Å². The Bertz CT molecular complexity index is 1370. The number of H-pyrrole nitrogens is 1. The van der Waals surface area contributed by atoms with Gasteiger partial charge in [-0.25, -0.2) is 4.98 Å². The van der Waals surface area contributed by atoms with Crippen LogP contribution >= 0.6 is 11.6 Å². The fourth-order valence-corrected chi connectivity index (χ4v) is 4.37. The van der Waals surface area contributed by atoms with Crippen molar-refractivity contribution in [2.75, 3.05) is 30.5 Å². The summed E-state index contributed by atoms with van der Waals surface area (Å²) in [6.45, 7) is -0.0145. The minimum absolute atomic E-state index is 0.0562. The average Bonchev–Trinajstić information content (AvgIpc) is 3.37. The molecule has 1 unspecified atom stereocenters. The van der Waals surface area contributed by atoms with Gasteiger partial charge in [-0.1, -0.05) is 35.9 Å². The van der Waals surface area contributed by atoms with Crippen LogP contribution < -0.4 is 15.4 Å². The Kier molecular flexibility index (Phi) is 6.35. The van der Waals surface area contributed by atoms with Crippen LogP contribution in [-0.4, -0.2) is 46.6 Å². The molecule has 10 heteroatoms. The van der Waals surface area contributed by atoms with Crippen LogP contribution in [0.4, 0.5) is 11.6 Å². The minimum Gasteiger partial charge on any atom is -0.493 e. The number of carbonyl (C=O) groups is 2. The van der Waals surface area contributed by atoms with Gasteiger partial charge in [-0.05, 0) is 18.2 Å². The summed E-state index contributed by atoms with van der Waals surface area (Å²) in [5.41, 5.74) is 0.0481. The van der Waals surface area contributed by atoms with E-state index in [4.69, 9.17) is 21.1 Å². The van der Waals surface area contributed by atoms with Crippen molar-refractivity contribution in [1.29, 1.82) is 0 Å². The molecule has 0 radical (unpaired) electrons. The SMILES string of the molecule is O=C(COCC1(C(=O)Nc2cncc3ccccc23)CCOc2ccc(Cl)cc21)Nc1ncc[nH]1. The van der Waals surface area contributed by atoms with Crippen molar-refractivity contribution >= 4 is 45.8 Å². The number of aromatic amines is 1. The summed E-state index contributed by atoms with van der Waals surface area (Å²) in [4.78, 5) is 37.2. The Morgan fingerprint density at radius 1 is 1.17 bits per heavy atom. The van der Waals surface area contributed by atoms with Crippen LogP contribution in [0.15, 0.2) is 67.3 Å². The van der Waals surface area contributed by atoms with E-state index in [0.717, 1.165) is 10.8 Å². The van der Waals surface area contributed by atoms with Crippen LogP contribution in [-0.2, 0) is 19.7 Å². The largest absolute Gasteiger partial charge is 0.493 e. The van der Waals surface area contributed by atoms with E-state index in [1.54, 1.807) is 36.8 Å². The number of hydrogen-bond acceptors (Lipinski definition) is 6. The quantitative estimate of drug-likeness (QED) is 0.360. The molecule has 3 heterocycles. The lowest BCUT2D eigenvalue weighted by Crippen LogP contribution is -2.48. The molecule has 0 saturated heterocycles. The summed E-state index contributed by atoms with van der Waals surface area (Å²) in [5.74, 6) is 0.175. The van der Waals surface area contributed by atoms with Crippen molar-refractivity contribution in [3.8, 4) is 5.75 Å². The minimum atomic E-state index is -1.14. The van der Waals surface area contributed by atoms with Crippen LogP contribution in [0.5, 0.6) is 5.75 Å². The number of aromatic nitrogens is 3. The molecule has 1 atom stereocenters. The molecule has 9 nitrogen and oxygen atoms in total. The molecule has 0 saturated carbocycles. The number of pyridine rings is 1. The van der Waals surface area contributed by atoms with Gasteiger partial charge >= 0.3 is 0 Å². The Balaban J connectivity index is 1.43. The van der Waals surface area contributed by atoms with Crippen molar-refractivity contribution in [2.24, 2.45) is 0 Å². The second kappa shape index (κ2) is 9.73. The van der Waals surface area contributed by atoms with Crippen LogP contribution in [0.3, 0.4) is 0 Å². The van der Waals surface area contributed by atoms with E-state index in [2.05, 4.69) is 25.6 Å². The van der Waals surface area contributed by atoms with Gasteiger partial charge in [0.15, 0.2) is 0 Å². The highest BCUT2D eigenvalue weighted by molar-refractivity contribution is 6.30. The van der Waals surface area contributed by atoms with Gasteiger partial charge in [-0.2, -0.15) is 0 Å². The molecule has 4 aromatic rings. The molecule has 5 rings (SSSR count). The van der Waals surface area contributed by atoms with Crippen LogP contribution in [0, 0.1) is 0 Å². The molecular weight excluding hydrogens is 470 g/mol. The molecule has 35 heavy (non-hydrogen) atoms. The second-order valence-electron chi connectivity index (χ2n) is 8.16. The summed E-state index contributed by atoms with van der Waals surface area (Å²) in [6, 6.07) is 12.8. The van der Waals surface area contributed by atoms with Crippen LogP contribution in [0.25, 0.3) is 10.8 Å². The van der Waals surface area contributed by atoms with Gasteiger partial charge in [-0.15, -0.1) is 0 Å². The topological polar surface area (TPSA) is 118 Å². The third kappa shape index (κ3) is 4.68. The first-order valence-electron chi connectivity index (χ1n) is 11.0. The van der Waals surface area contributed by atoms with Crippen molar-refractivity contribution in [3.05, 3.63) is 77.8 Å². The maximum Gasteiger partial charge on any atom is 0.252 e. The summed E-state index contributed by atoms with van der Waals surface area (Å²) in [5, 5.41) is 7.87. The standard InChI is InChI=1S/C25H22ClN5O4/c26-17-5-6-21-19(11-17)25(7-10-35-21,15-34-14-22(32)31-24-28-8-9-29-24)23(33)30-20-13-27-12-16-3-1-2-4-18(16)20/h1-6,8-9,11-13H,7,10,14-15H2,(H,30,33)(H2,28,29,31,32). The van der Waals surface area contributed by atoms with E-state index in [1.807, 2.05) is 24.3 Å². The number of nitrogens with zero attached hydrogens (tertiary/aromatic N) is 2. The summed E-state index contributed by atoms with van der Waals surface area (Å²) >= 11 is 6.30. The first kappa shape index (κ1) is 22.8. The number of hydrogen-bond donors (Lipinski definition) is 3. The summed E-state index contributed by atoms with van der Waals surface area (Å²) < 4.78 is 11.6. The van der Waals surface area contributed by atoms with Gasteiger partial charge in [-0.3, -0.25) is 19.9 Å². The van der Waals surface area contributed by atoms with Crippen molar-refractivity contribution < 1.29 is 19.1 Å². The van der Waals surface area contributed by atoms with Gasteiger partial charge < -0.3 is 19.8 Å². The lowest BCUT2D eigenvalue weighted by Gasteiger charge is -2.37. The second-order valence-corrected chi connectivity index (χ2v) is 8.60. The van der Waals surface area contributed by atoms with Crippen LogP contribution in [0.1, 0.15) is 12.0 Å². The van der Waals surface area contributed by atoms with E-state index >= 15 is 0 Å². The van der Waals surface area contributed by atoms with E-state index in [9.17, 15) is 9.59 Å². The lowest BCUT2D eigenvalue weighted by molar-refractivity contribution is -0.129. The Morgan fingerprint density at radius 3 is 2.91 bits per heavy atom. The number of anilines is 2. The highest BCUT2D eigenvalue weighted by Gasteiger charge is 2.45. The number of rotatable bonds is 7. The van der Waals surface area contributed by atoms with E-state index in [1.165, 1.54) is 6.20 Å². The van der Waals surface area contributed by atoms with E-state index in [0.29, 0.717) is 41.0 Å². The smallest absolute Gasteiger partial charge is 0.252 e. The van der Waals surface area contributed by atoms with Crippen molar-refractivity contribution in [1.82, 2.24) is 15.0 Å². The number of imidazole rings is 1. The van der Waals surface area contributed by atoms with E-state index in [-0.39, 0.29) is 19.1 Å². The zero-order chi connectivity index (χ0) is 24.3. The predicted octanol–water partition coefficient (Wildman–Crippen LogP) is 3.93. The highest BCUT2D eigenvalue weighted by atomic mass is 35.5. The maximum absolute atomic E-state index is 13.9. The molecule has 1 aliphatic rings. The van der Waals surface area contributed by atoms with Gasteiger partial charge in [0.2, 0.25) is 11.9 Å². The number of nitrogens with one attached hydrogen (secondary N) is 3. The van der Waals surface area contributed by atoms with Gasteiger partial charge in [0.1, 0.15) is 17.8 Å². The van der Waals surface area contributed by atoms with Gasteiger partial charge in [0.25, 0.3) is 5.91 Å². The zero-order valence-electron chi connectivity index (χ0n) is 18.6. The molecule has 178 valence electrons. The number of carbonyl (C=O) groups excluding carboxylic acids is 2. The maximum atomic E-state index is 13.9. The molecule has 2 aromatic heterocycles. The van der Waals surface area contributed by atoms with Gasteiger partial charge in [0, 0.05) is 46.4 Å². The third-order valence-corrected chi connectivity index (χ3v) is 6.17. The predicted molar refractivity (Wildman–Crippen MR) is 132 cm³/mol. The molecule has 0 fully saturated rings. The van der Waals surface area contributed by atoms with Crippen molar-refractivity contribution in [3.63, 3.8) is 0 Å². The highest BCUT2D eigenvalue weighted by Crippen LogP contribution is 2.42. The first-order chi connectivity index (χ1) is 17.0. The third-order valence-electron chi connectivity index (χ3n) is 5.93. The normalized spacial score (nSPS) is 16.8. The fraction of sp³-hybridized carbons (Fsp3) is 0.200. The molecule has 3 N–H and O–H groups in total. The summed E-state index contributed by atoms with van der Waals surface area (Å²) in [6.07, 6.45) is 6.82. The molecule has 2 aromatic carbocycles. The number of halogens is 1.